The fourth-order valence-corrected chi connectivity index (χ4v) is 2.56. The zero-order valence-corrected chi connectivity index (χ0v) is 12.6. The standard InChI is InChI=1S/C16H24N2O/c1-6-18-11-14(17(5)15(18)19)12-7-9-13(10-8-12)16(2,3)4/h7-10,14H,6,11H2,1-5H3. The number of benzene rings is 1. The van der Waals surface area contributed by atoms with Crippen molar-refractivity contribution in [1.82, 2.24) is 9.80 Å². The van der Waals surface area contributed by atoms with Crippen LogP contribution in [0.15, 0.2) is 24.3 Å². The van der Waals surface area contributed by atoms with E-state index in [1.54, 1.807) is 0 Å². The highest BCUT2D eigenvalue weighted by molar-refractivity contribution is 5.77. The third-order valence-corrected chi connectivity index (χ3v) is 3.98. The number of amides is 2. The van der Waals surface area contributed by atoms with Crippen molar-refractivity contribution >= 4 is 6.03 Å². The summed E-state index contributed by atoms with van der Waals surface area (Å²) in [5.74, 6) is 0. The Labute approximate surface area is 116 Å². The molecule has 3 nitrogen and oxygen atoms in total. The summed E-state index contributed by atoms with van der Waals surface area (Å²) in [7, 11) is 1.89. The van der Waals surface area contributed by atoms with Gasteiger partial charge in [0.15, 0.2) is 0 Å². The molecule has 3 heteroatoms. The zero-order valence-electron chi connectivity index (χ0n) is 12.6. The van der Waals surface area contributed by atoms with Gasteiger partial charge in [-0.1, -0.05) is 45.0 Å². The van der Waals surface area contributed by atoms with Crippen molar-refractivity contribution in [2.75, 3.05) is 20.1 Å². The van der Waals surface area contributed by atoms with E-state index >= 15 is 0 Å². The first-order valence-corrected chi connectivity index (χ1v) is 6.96. The minimum atomic E-state index is 0.132. The third kappa shape index (κ3) is 2.60. The lowest BCUT2D eigenvalue weighted by Gasteiger charge is -2.22. The number of urea groups is 1. The first-order valence-electron chi connectivity index (χ1n) is 6.96. The molecule has 2 rings (SSSR count). The Morgan fingerprint density at radius 1 is 1.21 bits per heavy atom. The monoisotopic (exact) mass is 260 g/mol. The summed E-state index contributed by atoms with van der Waals surface area (Å²) in [4.78, 5) is 15.7. The van der Waals surface area contributed by atoms with Gasteiger partial charge in [-0.2, -0.15) is 0 Å². The second kappa shape index (κ2) is 4.87. The molecule has 0 aromatic heterocycles. The summed E-state index contributed by atoms with van der Waals surface area (Å²) < 4.78 is 0. The van der Waals surface area contributed by atoms with E-state index in [1.165, 1.54) is 11.1 Å². The molecule has 1 aromatic carbocycles. The summed E-state index contributed by atoms with van der Waals surface area (Å²) in [5.41, 5.74) is 2.72. The van der Waals surface area contributed by atoms with Crippen molar-refractivity contribution in [2.24, 2.45) is 0 Å². The Balaban J connectivity index is 2.22. The van der Waals surface area contributed by atoms with Crippen LogP contribution in [0.5, 0.6) is 0 Å². The molecule has 0 saturated carbocycles. The van der Waals surface area contributed by atoms with Crippen LogP contribution in [0.2, 0.25) is 0 Å². The van der Waals surface area contributed by atoms with E-state index < -0.39 is 0 Å². The number of carbonyl (C=O) groups is 1. The quantitative estimate of drug-likeness (QED) is 0.799. The van der Waals surface area contributed by atoms with E-state index in [2.05, 4.69) is 45.0 Å². The molecule has 2 amide bonds. The minimum Gasteiger partial charge on any atom is -0.323 e. The Kier molecular flexibility index (Phi) is 3.57. The summed E-state index contributed by atoms with van der Waals surface area (Å²) in [6, 6.07) is 9.00. The molecule has 0 N–H and O–H groups in total. The Morgan fingerprint density at radius 2 is 1.79 bits per heavy atom. The van der Waals surface area contributed by atoms with E-state index in [0.29, 0.717) is 0 Å². The van der Waals surface area contributed by atoms with Crippen molar-refractivity contribution in [1.29, 1.82) is 0 Å². The van der Waals surface area contributed by atoms with E-state index in [9.17, 15) is 4.79 Å². The first-order chi connectivity index (χ1) is 8.84. The molecule has 0 aliphatic carbocycles. The second-order valence-corrected chi connectivity index (χ2v) is 6.32. The van der Waals surface area contributed by atoms with E-state index in [4.69, 9.17) is 0 Å². The van der Waals surface area contributed by atoms with Crippen LogP contribution in [0.1, 0.15) is 44.9 Å². The summed E-state index contributed by atoms with van der Waals surface area (Å²) in [5, 5.41) is 0. The summed E-state index contributed by atoms with van der Waals surface area (Å²) in [6.07, 6.45) is 0. The smallest absolute Gasteiger partial charge is 0.320 e. The van der Waals surface area contributed by atoms with Crippen LogP contribution in [0.4, 0.5) is 4.79 Å². The number of hydrogen-bond acceptors (Lipinski definition) is 1. The third-order valence-electron chi connectivity index (χ3n) is 3.98. The largest absolute Gasteiger partial charge is 0.323 e. The van der Waals surface area contributed by atoms with Crippen molar-refractivity contribution in [2.45, 2.75) is 39.2 Å². The van der Waals surface area contributed by atoms with Crippen LogP contribution < -0.4 is 0 Å². The summed E-state index contributed by atoms with van der Waals surface area (Å²) in [6.45, 7) is 10.2. The molecule has 0 bridgehead atoms. The number of carbonyl (C=O) groups excluding carboxylic acids is 1. The lowest BCUT2D eigenvalue weighted by molar-refractivity contribution is 0.197. The normalized spacial score (nSPS) is 20.3. The molecule has 19 heavy (non-hydrogen) atoms. The fraction of sp³-hybridized carbons (Fsp3) is 0.562. The van der Waals surface area contributed by atoms with Gasteiger partial charge in [0, 0.05) is 20.1 Å². The average molecular weight is 260 g/mol. The first kappa shape index (κ1) is 13.9. The van der Waals surface area contributed by atoms with Gasteiger partial charge in [0.2, 0.25) is 0 Å². The topological polar surface area (TPSA) is 23.6 Å². The maximum absolute atomic E-state index is 12.0. The molecule has 1 heterocycles. The SMILES string of the molecule is CCN1CC(c2ccc(C(C)(C)C)cc2)N(C)C1=O. The van der Waals surface area contributed by atoms with Crippen LogP contribution in [0.3, 0.4) is 0 Å². The van der Waals surface area contributed by atoms with Gasteiger partial charge < -0.3 is 9.80 Å². The Bertz CT molecular complexity index is 459. The average Bonchev–Trinajstić information content (AvgIpc) is 2.65. The van der Waals surface area contributed by atoms with Gasteiger partial charge in [0.25, 0.3) is 0 Å². The van der Waals surface area contributed by atoms with Crippen molar-refractivity contribution in [3.63, 3.8) is 0 Å². The molecule has 1 saturated heterocycles. The number of rotatable bonds is 2. The van der Waals surface area contributed by atoms with E-state index in [1.807, 2.05) is 23.8 Å². The molecule has 0 radical (unpaired) electrons. The van der Waals surface area contributed by atoms with Crippen LogP contribution in [0.25, 0.3) is 0 Å². The summed E-state index contributed by atoms with van der Waals surface area (Å²) >= 11 is 0. The Hall–Kier alpha value is -1.51. The van der Waals surface area contributed by atoms with E-state index in [0.717, 1.165) is 13.1 Å². The fourth-order valence-electron chi connectivity index (χ4n) is 2.56. The maximum Gasteiger partial charge on any atom is 0.320 e. The molecule has 1 atom stereocenters. The van der Waals surface area contributed by atoms with Crippen LogP contribution in [-0.4, -0.2) is 36.0 Å². The molecular formula is C16H24N2O. The van der Waals surface area contributed by atoms with Crippen LogP contribution in [0, 0.1) is 0 Å². The van der Waals surface area contributed by atoms with Gasteiger partial charge in [-0.15, -0.1) is 0 Å². The molecule has 104 valence electrons. The molecule has 1 aliphatic heterocycles. The minimum absolute atomic E-state index is 0.132. The molecule has 1 aromatic rings. The van der Waals surface area contributed by atoms with Crippen LogP contribution >= 0.6 is 0 Å². The van der Waals surface area contributed by atoms with Gasteiger partial charge in [-0.3, -0.25) is 0 Å². The number of hydrogen-bond donors (Lipinski definition) is 0. The molecular weight excluding hydrogens is 236 g/mol. The molecule has 1 unspecified atom stereocenters. The highest BCUT2D eigenvalue weighted by Gasteiger charge is 2.34. The van der Waals surface area contributed by atoms with Crippen molar-refractivity contribution < 1.29 is 4.79 Å². The molecule has 1 fully saturated rings. The van der Waals surface area contributed by atoms with Crippen molar-refractivity contribution in [3.05, 3.63) is 35.4 Å². The molecule has 0 spiro atoms. The van der Waals surface area contributed by atoms with Gasteiger partial charge in [0.05, 0.1) is 6.04 Å². The lowest BCUT2D eigenvalue weighted by Crippen LogP contribution is -2.29. The molecule has 1 aliphatic rings. The predicted molar refractivity (Wildman–Crippen MR) is 78.3 cm³/mol. The second-order valence-electron chi connectivity index (χ2n) is 6.32. The van der Waals surface area contributed by atoms with Crippen molar-refractivity contribution in [3.8, 4) is 0 Å². The van der Waals surface area contributed by atoms with Gasteiger partial charge in [-0.25, -0.2) is 4.79 Å². The Morgan fingerprint density at radius 3 is 2.21 bits per heavy atom. The maximum atomic E-state index is 12.0. The van der Waals surface area contributed by atoms with Gasteiger partial charge in [0.1, 0.15) is 0 Å². The highest BCUT2D eigenvalue weighted by atomic mass is 16.2. The van der Waals surface area contributed by atoms with E-state index in [-0.39, 0.29) is 17.5 Å². The number of likely N-dealkylation sites (N-methyl/N-ethyl adjacent to an activating group) is 2. The van der Waals surface area contributed by atoms with Gasteiger partial charge >= 0.3 is 6.03 Å². The number of nitrogens with zero attached hydrogens (tertiary/aromatic N) is 2. The van der Waals surface area contributed by atoms with Crippen LogP contribution in [-0.2, 0) is 5.41 Å². The zero-order chi connectivity index (χ0) is 14.2. The lowest BCUT2D eigenvalue weighted by atomic mass is 9.86. The van der Waals surface area contributed by atoms with Gasteiger partial charge in [-0.05, 0) is 23.5 Å². The predicted octanol–water partition coefficient (Wildman–Crippen LogP) is 3.41. The highest BCUT2D eigenvalue weighted by Crippen LogP contribution is 2.30.